The average molecular weight is 146 g/mol. The molecule has 4 nitrogen and oxygen atoms in total. The molecule has 10 heavy (non-hydrogen) atoms. The summed E-state index contributed by atoms with van der Waals surface area (Å²) in [4.78, 5) is 10.4. The number of aliphatic hydroxyl groups is 1. The third-order valence-corrected chi connectivity index (χ3v) is 1.17. The zero-order chi connectivity index (χ0) is 7.98. The Bertz CT molecular complexity index is 106. The molecule has 0 spiro atoms. The normalized spacial score (nSPS) is 13.0. The lowest BCUT2D eigenvalue weighted by atomic mass is 10.3. The van der Waals surface area contributed by atoms with Gasteiger partial charge in [-0.25, -0.2) is 0 Å². The molecule has 0 aromatic rings. The van der Waals surface area contributed by atoms with Crippen LogP contribution in [0.5, 0.6) is 0 Å². The van der Waals surface area contributed by atoms with E-state index in [9.17, 15) is 4.79 Å². The fraction of sp³-hybridized carbons (Fsp3) is 0.833. The predicted octanol–water partition coefficient (Wildman–Crippen LogP) is -1.17. The summed E-state index contributed by atoms with van der Waals surface area (Å²) in [5, 5.41) is 11.4. The third kappa shape index (κ3) is 3.42. The van der Waals surface area contributed by atoms with Crippen LogP contribution in [0.2, 0.25) is 0 Å². The lowest BCUT2D eigenvalue weighted by Crippen LogP contribution is -2.44. The van der Waals surface area contributed by atoms with E-state index in [0.29, 0.717) is 6.54 Å². The molecule has 0 saturated carbocycles. The maximum Gasteiger partial charge on any atom is 0.236 e. The Morgan fingerprint density at radius 3 is 2.70 bits per heavy atom. The van der Waals surface area contributed by atoms with Crippen molar-refractivity contribution in [2.45, 2.75) is 19.4 Å². The molecular formula is C6H14N2O2. The highest BCUT2D eigenvalue weighted by atomic mass is 16.3. The number of hydrogen-bond donors (Lipinski definition) is 3. The van der Waals surface area contributed by atoms with Gasteiger partial charge in [0.1, 0.15) is 6.04 Å². The van der Waals surface area contributed by atoms with E-state index in [1.54, 1.807) is 0 Å². The number of carbonyl (C=O) groups excluding carboxylic acids is 1. The van der Waals surface area contributed by atoms with Crippen LogP contribution in [-0.2, 0) is 4.79 Å². The minimum absolute atomic E-state index is 0.227. The van der Waals surface area contributed by atoms with Gasteiger partial charge in [-0.15, -0.1) is 0 Å². The van der Waals surface area contributed by atoms with Crippen molar-refractivity contribution < 1.29 is 9.90 Å². The Labute approximate surface area is 60.4 Å². The minimum Gasteiger partial charge on any atom is -0.394 e. The Morgan fingerprint density at radius 1 is 1.80 bits per heavy atom. The summed E-state index contributed by atoms with van der Waals surface area (Å²) < 4.78 is 0. The van der Waals surface area contributed by atoms with Crippen LogP contribution in [0.25, 0.3) is 0 Å². The molecular weight excluding hydrogens is 132 g/mol. The van der Waals surface area contributed by atoms with Crippen LogP contribution < -0.4 is 11.1 Å². The molecule has 0 aliphatic carbocycles. The Morgan fingerprint density at radius 2 is 2.40 bits per heavy atom. The second-order valence-corrected chi connectivity index (χ2v) is 2.09. The van der Waals surface area contributed by atoms with E-state index in [1.807, 2.05) is 6.92 Å². The van der Waals surface area contributed by atoms with Gasteiger partial charge in [-0.3, -0.25) is 4.79 Å². The van der Waals surface area contributed by atoms with Crippen LogP contribution in [0.15, 0.2) is 0 Å². The Kier molecular flexibility index (Phi) is 4.88. The zero-order valence-electron chi connectivity index (χ0n) is 6.13. The number of aliphatic hydroxyl groups excluding tert-OH is 1. The van der Waals surface area contributed by atoms with Crippen LogP contribution in [0, 0.1) is 0 Å². The van der Waals surface area contributed by atoms with E-state index in [1.165, 1.54) is 0 Å². The van der Waals surface area contributed by atoms with Gasteiger partial charge in [0, 0.05) is 0 Å². The van der Waals surface area contributed by atoms with Crippen molar-refractivity contribution in [3.05, 3.63) is 0 Å². The van der Waals surface area contributed by atoms with Crippen molar-refractivity contribution in [3.8, 4) is 0 Å². The fourth-order valence-electron chi connectivity index (χ4n) is 0.574. The van der Waals surface area contributed by atoms with Gasteiger partial charge in [0.15, 0.2) is 0 Å². The molecule has 4 N–H and O–H groups in total. The monoisotopic (exact) mass is 146 g/mol. The molecule has 60 valence electrons. The number of primary amides is 1. The predicted molar refractivity (Wildman–Crippen MR) is 38.4 cm³/mol. The molecule has 1 amide bonds. The van der Waals surface area contributed by atoms with Crippen molar-refractivity contribution >= 4 is 5.91 Å². The number of nitrogens with one attached hydrogen (secondary N) is 1. The maximum absolute atomic E-state index is 10.4. The molecule has 0 aromatic heterocycles. The second-order valence-electron chi connectivity index (χ2n) is 2.09. The van der Waals surface area contributed by atoms with Crippen molar-refractivity contribution in [1.82, 2.24) is 5.32 Å². The smallest absolute Gasteiger partial charge is 0.236 e. The summed E-state index contributed by atoms with van der Waals surface area (Å²) in [6.07, 6.45) is 0.920. The maximum atomic E-state index is 10.4. The number of nitrogens with two attached hydrogens (primary N) is 1. The van der Waals surface area contributed by atoms with E-state index in [4.69, 9.17) is 10.8 Å². The van der Waals surface area contributed by atoms with Gasteiger partial charge in [0.05, 0.1) is 6.61 Å². The van der Waals surface area contributed by atoms with E-state index in [2.05, 4.69) is 5.32 Å². The summed E-state index contributed by atoms with van der Waals surface area (Å²) in [6, 6.07) is -0.583. The van der Waals surface area contributed by atoms with Crippen molar-refractivity contribution in [2.75, 3.05) is 13.2 Å². The Balaban J connectivity index is 3.50. The topological polar surface area (TPSA) is 75.3 Å². The number of hydrogen-bond acceptors (Lipinski definition) is 3. The summed E-state index contributed by atoms with van der Waals surface area (Å²) in [5.41, 5.74) is 4.93. The molecule has 0 rings (SSSR count). The molecule has 0 saturated heterocycles. The van der Waals surface area contributed by atoms with Gasteiger partial charge in [0.2, 0.25) is 5.91 Å². The minimum atomic E-state index is -0.583. The van der Waals surface area contributed by atoms with Gasteiger partial charge in [-0.05, 0) is 13.0 Å². The first kappa shape index (κ1) is 9.39. The molecule has 0 bridgehead atoms. The highest BCUT2D eigenvalue weighted by Gasteiger charge is 2.10. The molecule has 0 aliphatic heterocycles. The van der Waals surface area contributed by atoms with Gasteiger partial charge >= 0.3 is 0 Å². The molecule has 0 heterocycles. The van der Waals surface area contributed by atoms with E-state index in [-0.39, 0.29) is 6.61 Å². The second kappa shape index (κ2) is 5.20. The largest absolute Gasteiger partial charge is 0.394 e. The van der Waals surface area contributed by atoms with Crippen LogP contribution in [0.1, 0.15) is 13.3 Å². The van der Waals surface area contributed by atoms with E-state index >= 15 is 0 Å². The van der Waals surface area contributed by atoms with Crippen molar-refractivity contribution in [2.24, 2.45) is 5.73 Å². The molecule has 1 atom stereocenters. The standard InChI is InChI=1S/C6H14N2O2/c1-2-3-8-5(4-9)6(7)10/h5,8-9H,2-4H2,1H3,(H2,7,10). The molecule has 4 heteroatoms. The van der Waals surface area contributed by atoms with E-state index in [0.717, 1.165) is 6.42 Å². The molecule has 0 aliphatic rings. The lowest BCUT2D eigenvalue weighted by Gasteiger charge is -2.10. The fourth-order valence-corrected chi connectivity index (χ4v) is 0.574. The van der Waals surface area contributed by atoms with Crippen molar-refractivity contribution in [1.29, 1.82) is 0 Å². The molecule has 0 radical (unpaired) electrons. The molecule has 0 aromatic carbocycles. The number of amides is 1. The third-order valence-electron chi connectivity index (χ3n) is 1.17. The summed E-state index contributed by atoms with van der Waals surface area (Å²) in [7, 11) is 0. The lowest BCUT2D eigenvalue weighted by molar-refractivity contribution is -0.120. The van der Waals surface area contributed by atoms with Crippen LogP contribution in [0.3, 0.4) is 0 Å². The molecule has 0 fully saturated rings. The van der Waals surface area contributed by atoms with Gasteiger partial charge in [-0.1, -0.05) is 6.92 Å². The van der Waals surface area contributed by atoms with Gasteiger partial charge in [-0.2, -0.15) is 0 Å². The molecule has 1 unspecified atom stereocenters. The first-order valence-electron chi connectivity index (χ1n) is 3.36. The summed E-state index contributed by atoms with van der Waals surface area (Å²) in [5.74, 6) is -0.504. The highest BCUT2D eigenvalue weighted by Crippen LogP contribution is 1.80. The van der Waals surface area contributed by atoms with Gasteiger partial charge in [0.25, 0.3) is 0 Å². The average Bonchev–Trinajstić information content (AvgIpc) is 1.89. The van der Waals surface area contributed by atoms with Gasteiger partial charge < -0.3 is 16.2 Å². The first-order chi connectivity index (χ1) is 4.72. The van der Waals surface area contributed by atoms with Crippen LogP contribution in [0.4, 0.5) is 0 Å². The first-order valence-corrected chi connectivity index (χ1v) is 3.36. The summed E-state index contributed by atoms with van der Waals surface area (Å²) >= 11 is 0. The van der Waals surface area contributed by atoms with Crippen LogP contribution >= 0.6 is 0 Å². The Hall–Kier alpha value is -0.610. The summed E-state index contributed by atoms with van der Waals surface area (Å²) in [6.45, 7) is 2.45. The number of carbonyl (C=O) groups is 1. The highest BCUT2D eigenvalue weighted by molar-refractivity contribution is 5.79. The quantitative estimate of drug-likeness (QED) is 0.457. The van der Waals surface area contributed by atoms with E-state index < -0.39 is 11.9 Å². The SMILES string of the molecule is CCCNC(CO)C(N)=O. The van der Waals surface area contributed by atoms with Crippen LogP contribution in [-0.4, -0.2) is 30.2 Å². The zero-order valence-corrected chi connectivity index (χ0v) is 6.13. The number of rotatable bonds is 5. The van der Waals surface area contributed by atoms with Crippen molar-refractivity contribution in [3.63, 3.8) is 0 Å².